The fourth-order valence-corrected chi connectivity index (χ4v) is 3.05. The molecule has 1 aliphatic heterocycles. The number of unbranched alkanes of at least 4 members (excludes halogenated alkanes) is 1. The van der Waals surface area contributed by atoms with Crippen LogP contribution in [-0.2, 0) is 4.79 Å². The molecular weight excluding hydrogens is 302 g/mol. The van der Waals surface area contributed by atoms with Gasteiger partial charge in [-0.1, -0.05) is 18.2 Å². The molecule has 0 aromatic heterocycles. The third kappa shape index (κ3) is 3.32. The van der Waals surface area contributed by atoms with Crippen molar-refractivity contribution in [2.45, 2.75) is 26.7 Å². The maximum Gasteiger partial charge on any atom is 0.299 e. The monoisotopic (exact) mass is 323 g/mol. The summed E-state index contributed by atoms with van der Waals surface area (Å²) in [5.41, 5.74) is 3.60. The van der Waals surface area contributed by atoms with E-state index in [0.29, 0.717) is 18.7 Å². The molecule has 0 spiro atoms. The molecule has 2 aromatic carbocycles. The summed E-state index contributed by atoms with van der Waals surface area (Å²) in [7, 11) is 0. The first kappa shape index (κ1) is 16.2. The minimum absolute atomic E-state index is 0.405. The van der Waals surface area contributed by atoms with Gasteiger partial charge in [0.05, 0.1) is 17.9 Å². The molecule has 0 saturated carbocycles. The van der Waals surface area contributed by atoms with Crippen LogP contribution in [0.25, 0.3) is 0 Å². The minimum Gasteiger partial charge on any atom is -0.494 e. The largest absolute Gasteiger partial charge is 0.494 e. The van der Waals surface area contributed by atoms with Crippen molar-refractivity contribution >= 4 is 17.4 Å². The summed E-state index contributed by atoms with van der Waals surface area (Å²) in [6.45, 7) is 5.24. The molecule has 0 saturated heterocycles. The van der Waals surface area contributed by atoms with Crippen LogP contribution in [0.15, 0.2) is 42.5 Å². The predicted molar refractivity (Wildman–Crippen MR) is 93.8 cm³/mol. The van der Waals surface area contributed by atoms with Crippen molar-refractivity contribution in [1.29, 1.82) is 0 Å². The van der Waals surface area contributed by atoms with Crippen molar-refractivity contribution in [1.82, 2.24) is 0 Å². The molecule has 124 valence electrons. The van der Waals surface area contributed by atoms with E-state index in [1.54, 1.807) is 17.0 Å². The number of amides is 1. The van der Waals surface area contributed by atoms with Gasteiger partial charge in [-0.2, -0.15) is 0 Å². The average molecular weight is 323 g/mol. The molecule has 3 rings (SSSR count). The van der Waals surface area contributed by atoms with Crippen LogP contribution in [0.4, 0.5) is 5.69 Å². The first-order valence-corrected chi connectivity index (χ1v) is 8.22. The summed E-state index contributed by atoms with van der Waals surface area (Å²) in [5.74, 6) is 0.0498. The smallest absolute Gasteiger partial charge is 0.299 e. The molecule has 0 atom stereocenters. The van der Waals surface area contributed by atoms with Crippen molar-refractivity contribution in [2.75, 3.05) is 18.1 Å². The summed E-state index contributed by atoms with van der Waals surface area (Å²) in [6, 6.07) is 13.3. The van der Waals surface area contributed by atoms with Gasteiger partial charge in [0.2, 0.25) is 0 Å². The van der Waals surface area contributed by atoms with E-state index in [1.807, 2.05) is 38.1 Å². The number of rotatable bonds is 6. The van der Waals surface area contributed by atoms with Crippen LogP contribution < -0.4 is 9.64 Å². The zero-order valence-corrected chi connectivity index (χ0v) is 14.0. The van der Waals surface area contributed by atoms with Crippen molar-refractivity contribution < 1.29 is 14.3 Å². The van der Waals surface area contributed by atoms with Gasteiger partial charge >= 0.3 is 0 Å². The Bertz CT molecular complexity index is 762. The summed E-state index contributed by atoms with van der Waals surface area (Å²) >= 11 is 0. The average Bonchev–Trinajstić information content (AvgIpc) is 2.79. The van der Waals surface area contributed by atoms with Gasteiger partial charge in [-0.3, -0.25) is 9.59 Å². The van der Waals surface area contributed by atoms with Gasteiger partial charge in [-0.25, -0.2) is 0 Å². The van der Waals surface area contributed by atoms with Gasteiger partial charge in [0.15, 0.2) is 0 Å². The number of hydrogen-bond acceptors (Lipinski definition) is 3. The molecule has 1 aliphatic rings. The van der Waals surface area contributed by atoms with Crippen molar-refractivity contribution in [3.05, 3.63) is 59.2 Å². The third-order valence-electron chi connectivity index (χ3n) is 4.12. The molecule has 0 fully saturated rings. The molecule has 4 heteroatoms. The fourth-order valence-electron chi connectivity index (χ4n) is 3.05. The maximum atomic E-state index is 12.1. The molecule has 0 N–H and O–H groups in total. The fraction of sp³-hybridized carbons (Fsp3) is 0.300. The summed E-state index contributed by atoms with van der Waals surface area (Å²) in [5, 5.41) is 0. The number of ketones is 1. The minimum atomic E-state index is -0.425. The highest BCUT2D eigenvalue weighted by Crippen LogP contribution is 2.28. The Kier molecular flexibility index (Phi) is 4.65. The van der Waals surface area contributed by atoms with Crippen LogP contribution >= 0.6 is 0 Å². The highest BCUT2D eigenvalue weighted by atomic mass is 16.5. The molecule has 4 nitrogen and oxygen atoms in total. The molecule has 1 heterocycles. The van der Waals surface area contributed by atoms with Crippen LogP contribution in [0.5, 0.6) is 5.75 Å². The zero-order valence-electron chi connectivity index (χ0n) is 14.0. The van der Waals surface area contributed by atoms with Gasteiger partial charge in [-0.15, -0.1) is 0 Å². The number of aryl methyl sites for hydroxylation is 2. The van der Waals surface area contributed by atoms with Gasteiger partial charge in [0, 0.05) is 6.54 Å². The van der Waals surface area contributed by atoms with E-state index in [2.05, 4.69) is 6.07 Å². The van der Waals surface area contributed by atoms with Crippen LogP contribution in [0.3, 0.4) is 0 Å². The molecule has 0 aliphatic carbocycles. The second-order valence-electron chi connectivity index (χ2n) is 6.18. The lowest BCUT2D eigenvalue weighted by Crippen LogP contribution is -2.30. The molecule has 0 unspecified atom stereocenters. The number of nitrogens with zero attached hydrogens (tertiary/aromatic N) is 1. The highest BCUT2D eigenvalue weighted by Gasteiger charge is 2.34. The van der Waals surface area contributed by atoms with E-state index in [0.717, 1.165) is 24.3 Å². The van der Waals surface area contributed by atoms with E-state index in [4.69, 9.17) is 4.74 Å². The number of hydrogen-bond donors (Lipinski definition) is 0. The Labute approximate surface area is 142 Å². The normalized spacial score (nSPS) is 13.3. The molecular formula is C20H21NO3. The van der Waals surface area contributed by atoms with Gasteiger partial charge in [0.1, 0.15) is 5.75 Å². The summed E-state index contributed by atoms with van der Waals surface area (Å²) < 4.78 is 5.78. The third-order valence-corrected chi connectivity index (χ3v) is 4.12. The predicted octanol–water partition coefficient (Wildman–Crippen LogP) is 3.69. The lowest BCUT2D eigenvalue weighted by atomic mass is 10.1. The van der Waals surface area contributed by atoms with Gasteiger partial charge < -0.3 is 9.64 Å². The number of benzene rings is 2. The number of anilines is 1. The van der Waals surface area contributed by atoms with Crippen molar-refractivity contribution in [3.8, 4) is 5.75 Å². The van der Waals surface area contributed by atoms with Crippen molar-refractivity contribution in [2.24, 2.45) is 0 Å². The molecule has 0 radical (unpaired) electrons. The number of para-hydroxylation sites is 1. The number of carbonyl (C=O) groups excluding carboxylic acids is 2. The van der Waals surface area contributed by atoms with Gasteiger partial charge in [0.25, 0.3) is 11.7 Å². The second kappa shape index (κ2) is 6.87. The Morgan fingerprint density at radius 3 is 2.42 bits per heavy atom. The number of carbonyl (C=O) groups is 2. The molecule has 1 amide bonds. The topological polar surface area (TPSA) is 46.6 Å². The first-order chi connectivity index (χ1) is 11.6. The Morgan fingerprint density at radius 1 is 0.958 bits per heavy atom. The van der Waals surface area contributed by atoms with Crippen LogP contribution in [-0.4, -0.2) is 24.8 Å². The summed E-state index contributed by atoms with van der Waals surface area (Å²) in [6.07, 6.45) is 1.62. The number of ether oxygens (including phenoxy) is 1. The Morgan fingerprint density at radius 2 is 1.67 bits per heavy atom. The Hall–Kier alpha value is -2.62. The zero-order chi connectivity index (χ0) is 17.1. The van der Waals surface area contributed by atoms with Crippen molar-refractivity contribution in [3.63, 3.8) is 0 Å². The van der Waals surface area contributed by atoms with E-state index >= 15 is 0 Å². The quantitative estimate of drug-likeness (QED) is 0.601. The van der Waals surface area contributed by atoms with E-state index in [1.165, 1.54) is 11.1 Å². The van der Waals surface area contributed by atoms with Crippen LogP contribution in [0.1, 0.15) is 34.3 Å². The molecule has 24 heavy (non-hydrogen) atoms. The number of Topliss-reactive ketones (excluding diaryl/α,β-unsaturated/α-hetero) is 1. The second-order valence-corrected chi connectivity index (χ2v) is 6.18. The summed E-state index contributed by atoms with van der Waals surface area (Å²) in [4.78, 5) is 25.6. The lowest BCUT2D eigenvalue weighted by Gasteiger charge is -2.16. The highest BCUT2D eigenvalue weighted by molar-refractivity contribution is 6.52. The first-order valence-electron chi connectivity index (χ1n) is 8.22. The van der Waals surface area contributed by atoms with Gasteiger partial charge in [-0.05, 0) is 62.1 Å². The molecule has 0 bridgehead atoms. The van der Waals surface area contributed by atoms with E-state index < -0.39 is 11.7 Å². The maximum absolute atomic E-state index is 12.1. The van der Waals surface area contributed by atoms with E-state index in [-0.39, 0.29) is 0 Å². The van der Waals surface area contributed by atoms with Crippen LogP contribution in [0.2, 0.25) is 0 Å². The Balaban J connectivity index is 1.50. The number of fused-ring (bicyclic) bond motifs is 1. The molecule has 2 aromatic rings. The van der Waals surface area contributed by atoms with E-state index in [9.17, 15) is 9.59 Å². The SMILES string of the molecule is Cc1cc(C)cc(OCCCCN2C(=O)C(=O)c3ccccc32)c1. The van der Waals surface area contributed by atoms with Crippen LogP contribution in [0, 0.1) is 13.8 Å². The standard InChI is InChI=1S/C20H21NO3/c1-14-11-15(2)13-16(12-14)24-10-6-5-9-21-18-8-4-3-7-17(18)19(22)20(21)23/h3-4,7-8,11-13H,5-6,9-10H2,1-2H3. The lowest BCUT2D eigenvalue weighted by molar-refractivity contribution is -0.114.